The third kappa shape index (κ3) is 3.54. The molecule has 2 aromatic rings. The zero-order chi connectivity index (χ0) is 13.8. The molecule has 5 heteroatoms. The summed E-state index contributed by atoms with van der Waals surface area (Å²) in [5, 5.41) is 1.89. The monoisotopic (exact) mass is 276 g/mol. The number of ether oxygens (including phenoxy) is 1. The van der Waals surface area contributed by atoms with Gasteiger partial charge in [-0.15, -0.1) is 11.3 Å². The molecule has 0 aliphatic rings. The zero-order valence-corrected chi connectivity index (χ0v) is 12.0. The van der Waals surface area contributed by atoms with Crippen LogP contribution in [0.15, 0.2) is 40.8 Å². The van der Waals surface area contributed by atoms with Crippen LogP contribution < -0.4 is 9.54 Å². The number of carbonyl (C=O) groups is 1. The summed E-state index contributed by atoms with van der Waals surface area (Å²) in [7, 11) is 1.86. The van der Waals surface area contributed by atoms with Crippen LogP contribution in [0, 0.1) is 6.92 Å². The van der Waals surface area contributed by atoms with Gasteiger partial charge in [0.25, 0.3) is 5.91 Å². The van der Waals surface area contributed by atoms with Crippen molar-refractivity contribution in [2.24, 2.45) is 12.0 Å². The van der Waals surface area contributed by atoms with Gasteiger partial charge in [0.2, 0.25) is 0 Å². The molecule has 1 amide bonds. The number of benzene rings is 1. The van der Waals surface area contributed by atoms with Gasteiger partial charge in [-0.05, 0) is 26.0 Å². The highest BCUT2D eigenvalue weighted by molar-refractivity contribution is 7.07. The van der Waals surface area contributed by atoms with Crippen molar-refractivity contribution in [3.8, 4) is 5.75 Å². The normalized spacial score (nSPS) is 13.3. The third-order valence-corrected chi connectivity index (χ3v) is 3.49. The Morgan fingerprint density at radius 2 is 2.05 bits per heavy atom. The van der Waals surface area contributed by atoms with E-state index in [0.29, 0.717) is 10.6 Å². The maximum absolute atomic E-state index is 11.9. The summed E-state index contributed by atoms with van der Waals surface area (Å²) in [6.07, 6.45) is 1.27. The summed E-state index contributed by atoms with van der Waals surface area (Å²) < 4.78 is 7.38. The van der Waals surface area contributed by atoms with E-state index in [1.165, 1.54) is 11.3 Å². The van der Waals surface area contributed by atoms with Gasteiger partial charge in [-0.25, -0.2) is 0 Å². The van der Waals surface area contributed by atoms with E-state index < -0.39 is 6.10 Å². The first-order valence-electron chi connectivity index (χ1n) is 5.98. The SMILES string of the molecule is Cc1ccc(OC(C)C(=O)N=c2sccn2C)cc1. The molecular weight excluding hydrogens is 260 g/mol. The van der Waals surface area contributed by atoms with Gasteiger partial charge in [-0.3, -0.25) is 4.79 Å². The summed E-state index contributed by atoms with van der Waals surface area (Å²) >= 11 is 1.42. The number of carbonyl (C=O) groups excluding carboxylic acids is 1. The molecule has 1 unspecified atom stereocenters. The van der Waals surface area contributed by atoms with E-state index in [1.807, 2.05) is 49.8 Å². The highest BCUT2D eigenvalue weighted by Crippen LogP contribution is 2.13. The quantitative estimate of drug-likeness (QED) is 0.863. The van der Waals surface area contributed by atoms with Crippen LogP contribution in [0.2, 0.25) is 0 Å². The number of rotatable bonds is 3. The lowest BCUT2D eigenvalue weighted by Crippen LogP contribution is -2.25. The summed E-state index contributed by atoms with van der Waals surface area (Å²) in [6.45, 7) is 3.71. The molecule has 2 rings (SSSR count). The number of thiazole rings is 1. The topological polar surface area (TPSA) is 43.6 Å². The second kappa shape index (κ2) is 5.84. The molecule has 0 radical (unpaired) electrons. The minimum absolute atomic E-state index is 0.279. The van der Waals surface area contributed by atoms with Gasteiger partial charge in [0.15, 0.2) is 10.9 Å². The van der Waals surface area contributed by atoms with E-state index >= 15 is 0 Å². The number of amides is 1. The Balaban J connectivity index is 2.08. The van der Waals surface area contributed by atoms with Crippen LogP contribution in [-0.4, -0.2) is 16.6 Å². The fraction of sp³-hybridized carbons (Fsp3) is 0.286. The first-order valence-corrected chi connectivity index (χ1v) is 6.86. The van der Waals surface area contributed by atoms with Gasteiger partial charge in [0.1, 0.15) is 5.75 Å². The first-order chi connectivity index (χ1) is 9.06. The highest BCUT2D eigenvalue weighted by atomic mass is 32.1. The standard InChI is InChI=1S/C14H16N2O2S/c1-10-4-6-12(7-5-10)18-11(2)13(17)15-14-16(3)8-9-19-14/h4-9,11H,1-3H3. The summed E-state index contributed by atoms with van der Waals surface area (Å²) in [4.78, 5) is 16.7. The molecule has 0 N–H and O–H groups in total. The Labute approximate surface area is 116 Å². The third-order valence-electron chi connectivity index (χ3n) is 2.65. The van der Waals surface area contributed by atoms with Crippen molar-refractivity contribution < 1.29 is 9.53 Å². The van der Waals surface area contributed by atoms with Gasteiger partial charge in [0, 0.05) is 18.6 Å². The number of aromatic nitrogens is 1. The molecule has 0 saturated heterocycles. The van der Waals surface area contributed by atoms with Gasteiger partial charge in [0.05, 0.1) is 0 Å². The van der Waals surface area contributed by atoms with Crippen LogP contribution in [-0.2, 0) is 11.8 Å². The maximum atomic E-state index is 11.9. The van der Waals surface area contributed by atoms with Gasteiger partial charge >= 0.3 is 0 Å². The largest absolute Gasteiger partial charge is 0.481 e. The molecule has 0 fully saturated rings. The summed E-state index contributed by atoms with van der Waals surface area (Å²) in [6, 6.07) is 7.60. The van der Waals surface area contributed by atoms with E-state index in [9.17, 15) is 4.79 Å². The smallest absolute Gasteiger partial charge is 0.289 e. The van der Waals surface area contributed by atoms with Crippen LogP contribution >= 0.6 is 11.3 Å². The number of nitrogens with zero attached hydrogens (tertiary/aromatic N) is 2. The molecule has 4 nitrogen and oxygen atoms in total. The molecule has 0 bridgehead atoms. The first kappa shape index (κ1) is 13.5. The molecule has 1 aromatic heterocycles. The minimum Gasteiger partial charge on any atom is -0.481 e. The van der Waals surface area contributed by atoms with Crippen LogP contribution in [0.4, 0.5) is 0 Å². The lowest BCUT2D eigenvalue weighted by Gasteiger charge is -2.11. The zero-order valence-electron chi connectivity index (χ0n) is 11.2. The van der Waals surface area contributed by atoms with Crippen molar-refractivity contribution in [1.82, 2.24) is 4.57 Å². The summed E-state index contributed by atoms with van der Waals surface area (Å²) in [5.41, 5.74) is 1.15. The predicted octanol–water partition coefficient (Wildman–Crippen LogP) is 2.29. The number of aryl methyl sites for hydroxylation is 2. The molecule has 1 aromatic carbocycles. The fourth-order valence-electron chi connectivity index (χ4n) is 1.49. The van der Waals surface area contributed by atoms with Crippen molar-refractivity contribution in [3.63, 3.8) is 0 Å². The van der Waals surface area contributed by atoms with Crippen molar-refractivity contribution in [3.05, 3.63) is 46.2 Å². The van der Waals surface area contributed by atoms with Crippen molar-refractivity contribution in [2.45, 2.75) is 20.0 Å². The molecular formula is C14H16N2O2S. The van der Waals surface area contributed by atoms with Crippen LogP contribution in [0.3, 0.4) is 0 Å². The second-order valence-electron chi connectivity index (χ2n) is 4.32. The van der Waals surface area contributed by atoms with Crippen molar-refractivity contribution in [2.75, 3.05) is 0 Å². The summed E-state index contributed by atoms with van der Waals surface area (Å²) in [5.74, 6) is 0.399. The van der Waals surface area contributed by atoms with E-state index in [4.69, 9.17) is 4.74 Å². The van der Waals surface area contributed by atoms with Gasteiger partial charge < -0.3 is 9.30 Å². The van der Waals surface area contributed by atoms with E-state index in [1.54, 1.807) is 11.5 Å². The lowest BCUT2D eigenvalue weighted by molar-refractivity contribution is -0.124. The Hall–Kier alpha value is -1.88. The minimum atomic E-state index is -0.593. The molecule has 0 saturated carbocycles. The second-order valence-corrected chi connectivity index (χ2v) is 5.19. The lowest BCUT2D eigenvalue weighted by atomic mass is 10.2. The van der Waals surface area contributed by atoms with Crippen LogP contribution in [0.5, 0.6) is 5.75 Å². The molecule has 0 aliphatic carbocycles. The van der Waals surface area contributed by atoms with Crippen molar-refractivity contribution in [1.29, 1.82) is 0 Å². The van der Waals surface area contributed by atoms with Crippen molar-refractivity contribution >= 4 is 17.2 Å². The molecule has 1 atom stereocenters. The van der Waals surface area contributed by atoms with Crippen LogP contribution in [0.1, 0.15) is 12.5 Å². The maximum Gasteiger partial charge on any atom is 0.289 e. The Morgan fingerprint density at radius 3 is 2.63 bits per heavy atom. The number of hydrogen-bond donors (Lipinski definition) is 0. The molecule has 100 valence electrons. The Morgan fingerprint density at radius 1 is 1.37 bits per heavy atom. The van der Waals surface area contributed by atoms with Crippen LogP contribution in [0.25, 0.3) is 0 Å². The molecule has 19 heavy (non-hydrogen) atoms. The van der Waals surface area contributed by atoms with E-state index in [-0.39, 0.29) is 5.91 Å². The molecule has 1 heterocycles. The number of hydrogen-bond acceptors (Lipinski definition) is 3. The molecule has 0 spiro atoms. The predicted molar refractivity (Wildman–Crippen MR) is 75.1 cm³/mol. The van der Waals surface area contributed by atoms with Gasteiger partial charge in [-0.2, -0.15) is 4.99 Å². The van der Waals surface area contributed by atoms with E-state index in [2.05, 4.69) is 4.99 Å². The molecule has 0 aliphatic heterocycles. The van der Waals surface area contributed by atoms with Gasteiger partial charge in [-0.1, -0.05) is 17.7 Å². The average Bonchev–Trinajstić information content (AvgIpc) is 2.78. The Bertz CT molecular complexity index is 625. The fourth-order valence-corrected chi connectivity index (χ4v) is 2.23. The highest BCUT2D eigenvalue weighted by Gasteiger charge is 2.13. The average molecular weight is 276 g/mol. The Kier molecular flexibility index (Phi) is 4.16. The van der Waals surface area contributed by atoms with E-state index in [0.717, 1.165) is 5.56 Å².